The van der Waals surface area contributed by atoms with Gasteiger partial charge in [-0.1, -0.05) is 58.3 Å². The Bertz CT molecular complexity index is 1820. The summed E-state index contributed by atoms with van der Waals surface area (Å²) in [5.74, 6) is -2.35. The molecule has 0 saturated carbocycles. The Balaban J connectivity index is 1.88. The van der Waals surface area contributed by atoms with Gasteiger partial charge in [-0.3, -0.25) is 24.5 Å². The molecule has 0 radical (unpaired) electrons. The Kier molecular flexibility index (Phi) is 19.9. The molecule has 340 valence electrons. The number of allylic oxidation sites excluding steroid dienone is 3. The molecule has 0 unspecified atom stereocenters. The van der Waals surface area contributed by atoms with E-state index in [1.165, 1.54) is 63.7 Å². The van der Waals surface area contributed by atoms with Gasteiger partial charge in [0.25, 0.3) is 0 Å². The summed E-state index contributed by atoms with van der Waals surface area (Å²) in [6, 6.07) is 2.33. The second-order valence-corrected chi connectivity index (χ2v) is 17.5. The number of nitrogens with zero attached hydrogens (tertiary/aromatic N) is 2. The molecule has 2 aliphatic heterocycles. The SMILES string of the molecule is COc1cc2cc(c1Cl)N(C)C(=O)C[C@H](OC(=O)[C@H](C)N(C)C(=O)CCSCC(=O)NCCNC(=O)CBr)[C@](C)(O)C[C@H](C)[C@@H]1C[C@@](O)(NC(=O)O1)[C@H](OC)/C=C/C=C(\C)C2. The van der Waals surface area contributed by atoms with Crippen molar-refractivity contribution in [1.29, 1.82) is 0 Å². The van der Waals surface area contributed by atoms with Crippen LogP contribution in [-0.2, 0) is 44.6 Å². The maximum absolute atomic E-state index is 14.1. The molecule has 4 bridgehead atoms. The molecule has 0 aliphatic carbocycles. The van der Waals surface area contributed by atoms with Crippen molar-refractivity contribution in [2.75, 3.05) is 63.1 Å². The predicted octanol–water partition coefficient (Wildman–Crippen LogP) is 3.25. The number of amides is 5. The molecule has 1 aromatic carbocycles. The first-order valence-electron chi connectivity index (χ1n) is 19.7. The first-order valence-corrected chi connectivity index (χ1v) is 22.4. The Morgan fingerprint density at radius 1 is 1.15 bits per heavy atom. The third-order valence-corrected chi connectivity index (χ3v) is 12.4. The van der Waals surface area contributed by atoms with Gasteiger partial charge >= 0.3 is 12.1 Å². The minimum atomic E-state index is -1.94. The molecule has 1 aromatic rings. The number of fused-ring (bicyclic) bond motifs is 4. The number of likely N-dealkylation sites (N-methyl/N-ethyl adjacent to an activating group) is 1. The first-order chi connectivity index (χ1) is 28.7. The van der Waals surface area contributed by atoms with Crippen LogP contribution in [0.3, 0.4) is 0 Å². The van der Waals surface area contributed by atoms with Crippen LogP contribution in [0.25, 0.3) is 0 Å². The summed E-state index contributed by atoms with van der Waals surface area (Å²) in [6.07, 6.45) is 0.357. The first kappa shape index (κ1) is 51.5. The van der Waals surface area contributed by atoms with Crippen LogP contribution in [0.4, 0.5) is 10.5 Å². The van der Waals surface area contributed by atoms with Crippen LogP contribution >= 0.6 is 39.3 Å². The normalized spacial score (nSPS) is 26.7. The molecule has 2 aliphatic rings. The topological polar surface area (TPSA) is 222 Å². The number of hydrogen-bond donors (Lipinski definition) is 5. The fraction of sp³-hybridized carbons (Fsp3) is 0.610. The molecule has 1 fully saturated rings. The molecule has 5 N–H and O–H groups in total. The largest absolute Gasteiger partial charge is 0.495 e. The van der Waals surface area contributed by atoms with E-state index < -0.39 is 71.9 Å². The van der Waals surface area contributed by atoms with Crippen LogP contribution in [0, 0.1) is 5.92 Å². The van der Waals surface area contributed by atoms with Crippen LogP contribution in [0.15, 0.2) is 35.9 Å². The summed E-state index contributed by atoms with van der Waals surface area (Å²) in [7, 11) is 5.77. The van der Waals surface area contributed by atoms with E-state index in [0.717, 1.165) is 11.1 Å². The van der Waals surface area contributed by atoms with Gasteiger partial charge in [0.2, 0.25) is 23.6 Å². The zero-order valence-corrected chi connectivity index (χ0v) is 39.0. The molecular formula is C41H59BrClN5O12S. The molecule has 0 spiro atoms. The molecule has 61 heavy (non-hydrogen) atoms. The van der Waals surface area contributed by atoms with Crippen LogP contribution < -0.4 is 25.6 Å². The highest BCUT2D eigenvalue weighted by Crippen LogP contribution is 2.38. The maximum Gasteiger partial charge on any atom is 0.409 e. The molecule has 17 nitrogen and oxygen atoms in total. The predicted molar refractivity (Wildman–Crippen MR) is 235 cm³/mol. The van der Waals surface area contributed by atoms with Gasteiger partial charge in [-0.05, 0) is 57.2 Å². The molecule has 0 aromatic heterocycles. The minimum absolute atomic E-state index is 0.00501. The molecule has 1 saturated heterocycles. The van der Waals surface area contributed by atoms with Gasteiger partial charge in [0.05, 0.1) is 35.9 Å². The third-order valence-electron chi connectivity index (χ3n) is 10.6. The van der Waals surface area contributed by atoms with Gasteiger partial charge in [-0.15, -0.1) is 0 Å². The number of esters is 1. The number of nitrogens with one attached hydrogen (secondary N) is 3. The van der Waals surface area contributed by atoms with Crippen LogP contribution in [0.1, 0.15) is 58.9 Å². The number of alkyl carbamates (subject to hydrolysis) is 1. The zero-order chi connectivity index (χ0) is 45.7. The van der Waals surface area contributed by atoms with Crippen molar-refractivity contribution in [2.45, 2.75) is 95.5 Å². The van der Waals surface area contributed by atoms with E-state index in [0.29, 0.717) is 17.9 Å². The smallest absolute Gasteiger partial charge is 0.409 e. The molecule has 7 atom stereocenters. The van der Waals surface area contributed by atoms with Crippen molar-refractivity contribution in [2.24, 2.45) is 5.92 Å². The highest BCUT2D eigenvalue weighted by atomic mass is 79.9. The van der Waals surface area contributed by atoms with E-state index in [2.05, 4.69) is 31.9 Å². The highest BCUT2D eigenvalue weighted by molar-refractivity contribution is 9.09. The number of aliphatic hydroxyl groups is 2. The number of carbonyl (C=O) groups is 6. The molecule has 2 heterocycles. The number of ether oxygens (including phenoxy) is 4. The Morgan fingerprint density at radius 2 is 1.82 bits per heavy atom. The third kappa shape index (κ3) is 14.9. The van der Waals surface area contributed by atoms with Crippen molar-refractivity contribution in [3.05, 3.63) is 46.5 Å². The Hall–Kier alpha value is -3.88. The summed E-state index contributed by atoms with van der Waals surface area (Å²) < 4.78 is 22.7. The van der Waals surface area contributed by atoms with Crippen molar-refractivity contribution in [3.63, 3.8) is 0 Å². The van der Waals surface area contributed by atoms with Gasteiger partial charge in [0, 0.05) is 52.9 Å². The van der Waals surface area contributed by atoms with Gasteiger partial charge in [0.15, 0.2) is 5.72 Å². The lowest BCUT2D eigenvalue weighted by Crippen LogP contribution is -2.63. The Labute approximate surface area is 374 Å². The number of alkyl halides is 1. The number of methoxy groups -OCH3 is 2. The van der Waals surface area contributed by atoms with Crippen LogP contribution in [-0.4, -0.2) is 145 Å². The van der Waals surface area contributed by atoms with Crippen LogP contribution in [0.2, 0.25) is 5.02 Å². The maximum atomic E-state index is 14.1. The van der Waals surface area contributed by atoms with Crippen molar-refractivity contribution >= 4 is 80.7 Å². The lowest BCUT2D eigenvalue weighted by molar-refractivity contribution is -0.176. The van der Waals surface area contributed by atoms with E-state index in [1.807, 2.05) is 13.0 Å². The van der Waals surface area contributed by atoms with Crippen LogP contribution in [0.5, 0.6) is 5.75 Å². The lowest BCUT2D eigenvalue weighted by Gasteiger charge is -2.43. The fourth-order valence-corrected chi connectivity index (χ4v) is 8.13. The van der Waals surface area contributed by atoms with Crippen molar-refractivity contribution in [1.82, 2.24) is 20.9 Å². The number of hydrogen-bond acceptors (Lipinski definition) is 13. The van der Waals surface area contributed by atoms with Gasteiger partial charge in [-0.25, -0.2) is 9.59 Å². The molecule has 20 heteroatoms. The van der Waals surface area contributed by atoms with E-state index in [9.17, 15) is 39.0 Å². The average molecular weight is 961 g/mol. The summed E-state index contributed by atoms with van der Waals surface area (Å²) in [5, 5.41) is 31.9. The standard InChI is InChI=1S/C41H59BrClN5O12S/c1-24-10-9-11-31(58-8)41(56)21-30(59-39(54)46-41)25(2)20-40(4,55)32(19-36(52)48(6)28-17-27(16-24)18-29(57-7)37(28)43)60-38(53)26(3)47(5)35(51)12-15-61-23-34(50)45-14-13-44-33(49)22-42/h9-11,17-18,25-26,30-32,55-56H,12-16,19-23H2,1-8H3,(H,44,49)(H,45,50)(H,46,54)/b11-9+,24-10+/t25-,26-,30-,31+,32-,40+,41-/m0/s1. The van der Waals surface area contributed by atoms with Gasteiger partial charge in [-0.2, -0.15) is 11.8 Å². The number of benzene rings is 1. The lowest BCUT2D eigenvalue weighted by atomic mass is 9.81. The monoisotopic (exact) mass is 959 g/mol. The van der Waals surface area contributed by atoms with Gasteiger partial charge < -0.3 is 49.6 Å². The summed E-state index contributed by atoms with van der Waals surface area (Å²) in [5.41, 5.74) is -1.90. The van der Waals surface area contributed by atoms with E-state index in [4.69, 9.17) is 30.5 Å². The fourth-order valence-electron chi connectivity index (χ4n) is 6.86. The second-order valence-electron chi connectivity index (χ2n) is 15.5. The highest BCUT2D eigenvalue weighted by Gasteiger charge is 2.48. The quantitative estimate of drug-likeness (QED) is 0.103. The molecule has 5 amide bonds. The number of anilines is 1. The van der Waals surface area contributed by atoms with Crippen molar-refractivity contribution in [3.8, 4) is 5.75 Å². The number of carbonyl (C=O) groups excluding carboxylic acids is 6. The van der Waals surface area contributed by atoms with E-state index >= 15 is 0 Å². The van der Waals surface area contributed by atoms with Crippen molar-refractivity contribution < 1.29 is 57.9 Å². The van der Waals surface area contributed by atoms with Gasteiger partial charge in [0.1, 0.15) is 35.1 Å². The van der Waals surface area contributed by atoms with E-state index in [-0.39, 0.29) is 66.0 Å². The summed E-state index contributed by atoms with van der Waals surface area (Å²) in [6.45, 7) is 6.96. The zero-order valence-electron chi connectivity index (χ0n) is 35.9. The Morgan fingerprint density at radius 3 is 2.46 bits per heavy atom. The van der Waals surface area contributed by atoms with E-state index in [1.54, 1.807) is 31.2 Å². The number of halogens is 2. The summed E-state index contributed by atoms with van der Waals surface area (Å²) in [4.78, 5) is 79.9. The molecule has 3 rings (SSSR count). The number of rotatable bonds is 14. The minimum Gasteiger partial charge on any atom is -0.495 e. The second kappa shape index (κ2) is 23.5. The molecular weight excluding hydrogens is 902 g/mol. The average Bonchev–Trinajstić information content (AvgIpc) is 3.20. The number of thioether (sulfide) groups is 1. The summed E-state index contributed by atoms with van der Waals surface area (Å²) >= 11 is 11.0.